The average molecular weight is 381 g/mol. The summed E-state index contributed by atoms with van der Waals surface area (Å²) >= 11 is 0. The quantitative estimate of drug-likeness (QED) is 0.766. The Kier molecular flexibility index (Phi) is 4.05. The maximum atomic E-state index is 15.4. The predicted octanol–water partition coefficient (Wildman–Crippen LogP) is 4.71. The smallest absolute Gasteiger partial charge is 0.244 e. The summed E-state index contributed by atoms with van der Waals surface area (Å²) in [5, 5.41) is 2.93. The van der Waals surface area contributed by atoms with E-state index >= 15 is 4.39 Å². The molecule has 5 rings (SSSR count). The van der Waals surface area contributed by atoms with E-state index in [9.17, 15) is 4.79 Å². The van der Waals surface area contributed by atoms with Crippen molar-refractivity contribution >= 4 is 11.5 Å². The van der Waals surface area contributed by atoms with Crippen molar-refractivity contribution in [1.82, 2.24) is 10.3 Å². The Morgan fingerprint density at radius 1 is 1.21 bits per heavy atom. The van der Waals surface area contributed by atoms with Crippen LogP contribution in [0.2, 0.25) is 0 Å². The molecule has 2 fully saturated rings. The van der Waals surface area contributed by atoms with Crippen LogP contribution in [0.3, 0.4) is 0 Å². The molecule has 148 valence electrons. The van der Waals surface area contributed by atoms with E-state index in [1.54, 1.807) is 6.08 Å². The van der Waals surface area contributed by atoms with Gasteiger partial charge in [-0.2, -0.15) is 0 Å². The van der Waals surface area contributed by atoms with Gasteiger partial charge in [0, 0.05) is 25.0 Å². The number of fused-ring (bicyclic) bond motifs is 5. The fraction of sp³-hybridized carbons (Fsp3) is 0.583. The van der Waals surface area contributed by atoms with E-state index in [2.05, 4.69) is 36.3 Å². The lowest BCUT2D eigenvalue weighted by atomic mass is 9.47. The largest absolute Gasteiger partial charge is 0.353 e. The maximum absolute atomic E-state index is 15.4. The van der Waals surface area contributed by atoms with E-state index in [1.807, 2.05) is 18.5 Å². The van der Waals surface area contributed by atoms with Crippen molar-refractivity contribution in [3.8, 4) is 0 Å². The second-order valence-corrected chi connectivity index (χ2v) is 9.69. The fourth-order valence-electron chi connectivity index (χ4n) is 7.10. The Labute approximate surface area is 166 Å². The minimum atomic E-state index is -1.00. The highest BCUT2D eigenvalue weighted by molar-refractivity contribution is 5.89. The van der Waals surface area contributed by atoms with Crippen LogP contribution in [0.5, 0.6) is 0 Å². The molecule has 0 saturated heterocycles. The van der Waals surface area contributed by atoms with Crippen LogP contribution < -0.4 is 5.32 Å². The topological polar surface area (TPSA) is 42.0 Å². The maximum Gasteiger partial charge on any atom is 0.244 e. The highest BCUT2D eigenvalue weighted by atomic mass is 19.1. The number of amides is 1. The first kappa shape index (κ1) is 18.1. The highest BCUT2D eigenvalue weighted by Crippen LogP contribution is 2.66. The van der Waals surface area contributed by atoms with Gasteiger partial charge in [-0.15, -0.1) is 0 Å². The van der Waals surface area contributed by atoms with Gasteiger partial charge in [0.2, 0.25) is 5.91 Å². The van der Waals surface area contributed by atoms with Crippen molar-refractivity contribution < 1.29 is 9.18 Å². The van der Waals surface area contributed by atoms with Crippen LogP contribution in [0.4, 0.5) is 4.39 Å². The van der Waals surface area contributed by atoms with Crippen LogP contribution in [0.1, 0.15) is 51.5 Å². The first-order chi connectivity index (χ1) is 13.4. The molecular formula is C24H29FN2O. The molecule has 3 aliphatic carbocycles. The van der Waals surface area contributed by atoms with E-state index in [0.717, 1.165) is 31.3 Å². The Bertz CT molecular complexity index is 863. The van der Waals surface area contributed by atoms with Gasteiger partial charge in [-0.25, -0.2) is 4.39 Å². The van der Waals surface area contributed by atoms with Gasteiger partial charge < -0.3 is 5.32 Å². The first-order valence-electron chi connectivity index (χ1n) is 10.7. The summed E-state index contributed by atoms with van der Waals surface area (Å²) in [7, 11) is 0. The number of halogens is 1. The molecule has 0 radical (unpaired) electrons. The lowest BCUT2D eigenvalue weighted by molar-refractivity contribution is -0.116. The zero-order valence-corrected chi connectivity index (χ0v) is 16.7. The average Bonchev–Trinajstić information content (AvgIpc) is 2.94. The van der Waals surface area contributed by atoms with Crippen LogP contribution in [0.25, 0.3) is 5.57 Å². The molecule has 0 bridgehead atoms. The van der Waals surface area contributed by atoms with Crippen LogP contribution in [0, 0.1) is 28.6 Å². The van der Waals surface area contributed by atoms with Crippen LogP contribution >= 0.6 is 0 Å². The minimum Gasteiger partial charge on any atom is -0.353 e. The van der Waals surface area contributed by atoms with Gasteiger partial charge in [0.1, 0.15) is 6.17 Å². The summed E-state index contributed by atoms with van der Waals surface area (Å²) in [5.74, 6) is 1.18. The molecule has 0 spiro atoms. The summed E-state index contributed by atoms with van der Waals surface area (Å²) < 4.78 is 15.4. The predicted molar refractivity (Wildman–Crippen MR) is 108 cm³/mol. The van der Waals surface area contributed by atoms with Gasteiger partial charge in [0.05, 0.1) is 0 Å². The van der Waals surface area contributed by atoms with Crippen molar-refractivity contribution in [3.05, 3.63) is 47.8 Å². The Morgan fingerprint density at radius 2 is 2.07 bits per heavy atom. The Hall–Kier alpha value is -1.97. The van der Waals surface area contributed by atoms with E-state index in [4.69, 9.17) is 0 Å². The zero-order chi connectivity index (χ0) is 19.5. The van der Waals surface area contributed by atoms with Crippen LogP contribution in [-0.4, -0.2) is 23.6 Å². The number of nitrogens with one attached hydrogen (secondary N) is 1. The van der Waals surface area contributed by atoms with E-state index in [0.29, 0.717) is 30.7 Å². The number of carbonyl (C=O) groups is 1. The summed E-state index contributed by atoms with van der Waals surface area (Å²) in [4.78, 5) is 16.4. The van der Waals surface area contributed by atoms with Gasteiger partial charge in [-0.1, -0.05) is 26.0 Å². The molecular weight excluding hydrogens is 351 g/mol. The summed E-state index contributed by atoms with van der Waals surface area (Å²) in [5.41, 5.74) is 3.27. The molecule has 1 amide bonds. The molecule has 3 nitrogen and oxygen atoms in total. The highest BCUT2D eigenvalue weighted by Gasteiger charge is 2.58. The normalized spacial score (nSPS) is 42.3. The summed E-state index contributed by atoms with van der Waals surface area (Å²) in [6.07, 6.45) is 11.4. The number of nitrogens with zero attached hydrogens (tertiary/aromatic N) is 1. The van der Waals surface area contributed by atoms with E-state index in [-0.39, 0.29) is 16.7 Å². The Balaban J connectivity index is 1.51. The number of alkyl halides is 1. The molecule has 4 heteroatoms. The van der Waals surface area contributed by atoms with Gasteiger partial charge >= 0.3 is 0 Å². The summed E-state index contributed by atoms with van der Waals surface area (Å²) in [6, 6.07) is 4.16. The second-order valence-electron chi connectivity index (χ2n) is 9.69. The lowest BCUT2D eigenvalue weighted by Crippen LogP contribution is -2.51. The van der Waals surface area contributed by atoms with E-state index in [1.165, 1.54) is 11.1 Å². The van der Waals surface area contributed by atoms with Gasteiger partial charge in [-0.3, -0.25) is 9.78 Å². The lowest BCUT2D eigenvalue weighted by Gasteiger charge is -2.57. The molecule has 1 aromatic heterocycles. The van der Waals surface area contributed by atoms with Crippen molar-refractivity contribution in [1.29, 1.82) is 0 Å². The molecule has 6 atom stereocenters. The molecule has 2 heterocycles. The number of hydrogen-bond donors (Lipinski definition) is 1. The van der Waals surface area contributed by atoms with Gasteiger partial charge in [-0.05, 0) is 83.5 Å². The molecule has 28 heavy (non-hydrogen) atoms. The molecule has 1 unspecified atom stereocenters. The molecule has 2 saturated carbocycles. The standard InChI is InChI=1S/C24H29FN2O/c1-23-8-7-19-16(18(23)6-5-17(23)15-4-3-10-26-14-15)12-21(25)20-13-22(28)27-11-9-24(19,20)2/h3-5,10,13-14,16,18-19,21H,6-9,11-12H2,1-2H3,(H,27,28)/t16-,18-,19-,21?,23+,24+/m0/s1. The van der Waals surface area contributed by atoms with E-state index < -0.39 is 6.17 Å². The molecule has 1 aliphatic heterocycles. The van der Waals surface area contributed by atoms with Crippen molar-refractivity contribution in [3.63, 3.8) is 0 Å². The fourth-order valence-corrected chi connectivity index (χ4v) is 7.10. The Morgan fingerprint density at radius 3 is 2.86 bits per heavy atom. The number of rotatable bonds is 1. The van der Waals surface area contributed by atoms with Crippen LogP contribution in [-0.2, 0) is 4.79 Å². The van der Waals surface area contributed by atoms with Crippen molar-refractivity contribution in [2.45, 2.75) is 52.1 Å². The third kappa shape index (κ3) is 2.46. The zero-order valence-electron chi connectivity index (χ0n) is 16.7. The van der Waals surface area contributed by atoms with Crippen LogP contribution in [0.15, 0.2) is 42.3 Å². The molecule has 1 aromatic rings. The second kappa shape index (κ2) is 6.27. The number of allylic oxidation sites excluding steroid dienone is 3. The first-order valence-corrected chi connectivity index (χ1v) is 10.7. The molecule has 0 aromatic carbocycles. The van der Waals surface area contributed by atoms with Crippen molar-refractivity contribution in [2.75, 3.05) is 6.54 Å². The third-order valence-corrected chi connectivity index (χ3v) is 8.52. The van der Waals surface area contributed by atoms with Crippen molar-refractivity contribution in [2.24, 2.45) is 28.6 Å². The SMILES string of the molecule is C[C@]12CCNC(=O)C=C1C(F)C[C@@H]1[C@@H]2CC[C@]2(C)C(c3cccnc3)=CC[C@@H]12. The monoisotopic (exact) mass is 380 g/mol. The number of pyridine rings is 1. The van der Waals surface area contributed by atoms with Gasteiger partial charge in [0.25, 0.3) is 0 Å². The minimum absolute atomic E-state index is 0.0975. The third-order valence-electron chi connectivity index (χ3n) is 8.52. The van der Waals surface area contributed by atoms with Gasteiger partial charge in [0.15, 0.2) is 0 Å². The summed E-state index contributed by atoms with van der Waals surface area (Å²) in [6.45, 7) is 5.25. The molecule has 1 N–H and O–H groups in total. The number of hydrogen-bond acceptors (Lipinski definition) is 2. The number of aromatic nitrogens is 1. The number of carbonyl (C=O) groups excluding carboxylic acids is 1. The molecule has 4 aliphatic rings.